The third-order valence-electron chi connectivity index (χ3n) is 1.82. The summed E-state index contributed by atoms with van der Waals surface area (Å²) < 4.78 is 0. The minimum atomic E-state index is -0.338. The maximum Gasteiger partial charge on any atom is 0.0659 e. The Balaban J connectivity index is 3.91. The van der Waals surface area contributed by atoms with Gasteiger partial charge in [-0.15, -0.1) is 13.2 Å². The number of aliphatic hydroxyl groups excluding tert-OH is 1. The molecule has 0 rings (SSSR count). The first-order chi connectivity index (χ1) is 4.63. The van der Waals surface area contributed by atoms with Crippen LogP contribution in [0.1, 0.15) is 13.8 Å². The molecule has 0 saturated carbocycles. The summed E-state index contributed by atoms with van der Waals surface area (Å²) in [5.74, 6) is 0.293. The molecule has 0 radical (unpaired) electrons. The fourth-order valence-electron chi connectivity index (χ4n) is 0.758. The summed E-state index contributed by atoms with van der Waals surface area (Å²) in [6.07, 6.45) is 3.17. The van der Waals surface area contributed by atoms with E-state index in [1.54, 1.807) is 12.2 Å². The third kappa shape index (κ3) is 2.36. The Morgan fingerprint density at radius 1 is 1.10 bits per heavy atom. The van der Waals surface area contributed by atoms with Crippen LogP contribution in [0, 0.1) is 11.8 Å². The predicted molar refractivity (Wildman–Crippen MR) is 44.7 cm³/mol. The molecule has 0 spiro atoms. The van der Waals surface area contributed by atoms with Gasteiger partial charge in [-0.05, 0) is 0 Å². The highest BCUT2D eigenvalue weighted by Crippen LogP contribution is 2.13. The maximum absolute atomic E-state index is 9.44. The van der Waals surface area contributed by atoms with Crippen LogP contribution in [0.5, 0.6) is 0 Å². The van der Waals surface area contributed by atoms with Crippen LogP contribution in [-0.4, -0.2) is 11.2 Å². The molecule has 0 bridgehead atoms. The molecule has 0 aliphatic heterocycles. The van der Waals surface area contributed by atoms with Gasteiger partial charge in [-0.1, -0.05) is 26.0 Å². The first-order valence-electron chi connectivity index (χ1n) is 3.56. The molecular weight excluding hydrogens is 124 g/mol. The molecule has 0 aromatic carbocycles. The zero-order valence-electron chi connectivity index (χ0n) is 6.75. The van der Waals surface area contributed by atoms with Gasteiger partial charge in [-0.25, -0.2) is 0 Å². The highest BCUT2D eigenvalue weighted by molar-refractivity contribution is 4.89. The maximum atomic E-state index is 9.44. The van der Waals surface area contributed by atoms with Crippen LogP contribution in [0.15, 0.2) is 25.3 Å². The van der Waals surface area contributed by atoms with Crippen molar-refractivity contribution in [2.45, 2.75) is 20.0 Å². The van der Waals surface area contributed by atoms with Crippen LogP contribution < -0.4 is 0 Å². The summed E-state index contributed by atoms with van der Waals surface area (Å²) in [6, 6.07) is 0. The molecular formula is C9H16O. The molecule has 0 aliphatic carbocycles. The summed E-state index contributed by atoms with van der Waals surface area (Å²) >= 11 is 0. The van der Waals surface area contributed by atoms with Crippen molar-refractivity contribution in [3.05, 3.63) is 25.3 Å². The fraction of sp³-hybridized carbons (Fsp3) is 0.556. The van der Waals surface area contributed by atoms with Crippen LogP contribution in [0.25, 0.3) is 0 Å². The molecule has 0 fully saturated rings. The Hall–Kier alpha value is -0.560. The minimum Gasteiger partial charge on any atom is -0.392 e. The second-order valence-electron chi connectivity index (χ2n) is 2.68. The highest BCUT2D eigenvalue weighted by atomic mass is 16.3. The van der Waals surface area contributed by atoms with Gasteiger partial charge in [0.25, 0.3) is 0 Å². The van der Waals surface area contributed by atoms with E-state index in [1.807, 2.05) is 13.8 Å². The Labute approximate surface area is 63.1 Å². The van der Waals surface area contributed by atoms with Gasteiger partial charge in [0.1, 0.15) is 0 Å². The largest absolute Gasteiger partial charge is 0.392 e. The number of rotatable bonds is 4. The van der Waals surface area contributed by atoms with Crippen molar-refractivity contribution in [3.8, 4) is 0 Å². The lowest BCUT2D eigenvalue weighted by Crippen LogP contribution is -2.22. The average Bonchev–Trinajstić information content (AvgIpc) is 2.00. The van der Waals surface area contributed by atoms with E-state index < -0.39 is 0 Å². The minimum absolute atomic E-state index is 0.146. The van der Waals surface area contributed by atoms with Gasteiger partial charge in [0.05, 0.1) is 6.10 Å². The fourth-order valence-corrected chi connectivity index (χ4v) is 0.758. The first-order valence-corrected chi connectivity index (χ1v) is 3.56. The standard InChI is InChI=1S/C9H16O/c1-5-7(3)9(10)8(4)6-2/h5-10H,1-2H2,3-4H3/t7-,8+,9?. The average molecular weight is 140 g/mol. The summed E-state index contributed by atoms with van der Waals surface area (Å²) in [5.41, 5.74) is 0. The third-order valence-corrected chi connectivity index (χ3v) is 1.82. The van der Waals surface area contributed by atoms with Crippen molar-refractivity contribution in [1.82, 2.24) is 0 Å². The van der Waals surface area contributed by atoms with Crippen molar-refractivity contribution in [3.63, 3.8) is 0 Å². The molecule has 0 amide bonds. The first kappa shape index (κ1) is 9.44. The molecule has 0 aliphatic rings. The topological polar surface area (TPSA) is 20.2 Å². The van der Waals surface area contributed by atoms with Crippen LogP contribution in [0.2, 0.25) is 0 Å². The summed E-state index contributed by atoms with van der Waals surface area (Å²) in [4.78, 5) is 0. The second-order valence-corrected chi connectivity index (χ2v) is 2.68. The van der Waals surface area contributed by atoms with E-state index >= 15 is 0 Å². The van der Waals surface area contributed by atoms with E-state index in [4.69, 9.17) is 0 Å². The van der Waals surface area contributed by atoms with Crippen LogP contribution in [0.4, 0.5) is 0 Å². The lowest BCUT2D eigenvalue weighted by molar-refractivity contribution is 0.103. The van der Waals surface area contributed by atoms with E-state index in [9.17, 15) is 5.11 Å². The van der Waals surface area contributed by atoms with Gasteiger partial charge in [0.2, 0.25) is 0 Å². The molecule has 58 valence electrons. The highest BCUT2D eigenvalue weighted by Gasteiger charge is 2.15. The molecule has 1 nitrogen and oxygen atoms in total. The van der Waals surface area contributed by atoms with Crippen molar-refractivity contribution < 1.29 is 5.11 Å². The van der Waals surface area contributed by atoms with Crippen molar-refractivity contribution in [2.24, 2.45) is 11.8 Å². The molecule has 1 heteroatoms. The number of hydrogen-bond acceptors (Lipinski definition) is 1. The molecule has 1 N–H and O–H groups in total. The molecule has 3 atom stereocenters. The number of aliphatic hydroxyl groups is 1. The Kier molecular flexibility index (Phi) is 4.05. The van der Waals surface area contributed by atoms with Gasteiger partial charge in [0.15, 0.2) is 0 Å². The van der Waals surface area contributed by atoms with Gasteiger partial charge in [-0.3, -0.25) is 0 Å². The van der Waals surface area contributed by atoms with E-state index in [-0.39, 0.29) is 17.9 Å². The van der Waals surface area contributed by atoms with E-state index in [0.717, 1.165) is 0 Å². The normalized spacial score (nSPS) is 19.1. The zero-order chi connectivity index (χ0) is 8.15. The SMILES string of the molecule is C=C[C@@H](C)C(O)[C@@H](C)C=C. The van der Waals surface area contributed by atoms with Gasteiger partial charge < -0.3 is 5.11 Å². The monoisotopic (exact) mass is 140 g/mol. The Morgan fingerprint density at radius 3 is 1.60 bits per heavy atom. The van der Waals surface area contributed by atoms with Gasteiger partial charge >= 0.3 is 0 Å². The zero-order valence-corrected chi connectivity index (χ0v) is 6.75. The van der Waals surface area contributed by atoms with Gasteiger partial charge in [0, 0.05) is 11.8 Å². The smallest absolute Gasteiger partial charge is 0.0659 e. The molecule has 0 aromatic rings. The summed E-state index contributed by atoms with van der Waals surface area (Å²) in [6.45, 7) is 11.1. The van der Waals surface area contributed by atoms with Crippen LogP contribution in [-0.2, 0) is 0 Å². The quantitative estimate of drug-likeness (QED) is 0.592. The van der Waals surface area contributed by atoms with Crippen LogP contribution in [0.3, 0.4) is 0 Å². The lowest BCUT2D eigenvalue weighted by atomic mass is 9.94. The number of hydrogen-bond donors (Lipinski definition) is 1. The molecule has 10 heavy (non-hydrogen) atoms. The van der Waals surface area contributed by atoms with Crippen molar-refractivity contribution in [1.29, 1.82) is 0 Å². The summed E-state index contributed by atoms with van der Waals surface area (Å²) in [7, 11) is 0. The van der Waals surface area contributed by atoms with E-state index in [0.29, 0.717) is 0 Å². The van der Waals surface area contributed by atoms with E-state index in [1.165, 1.54) is 0 Å². The van der Waals surface area contributed by atoms with Crippen LogP contribution >= 0.6 is 0 Å². The van der Waals surface area contributed by atoms with Gasteiger partial charge in [-0.2, -0.15) is 0 Å². The summed E-state index contributed by atoms with van der Waals surface area (Å²) in [5, 5.41) is 9.44. The molecule has 0 saturated heterocycles. The van der Waals surface area contributed by atoms with Crippen molar-refractivity contribution >= 4 is 0 Å². The second kappa shape index (κ2) is 4.29. The molecule has 0 heterocycles. The lowest BCUT2D eigenvalue weighted by Gasteiger charge is -2.19. The Bertz CT molecular complexity index is 104. The van der Waals surface area contributed by atoms with E-state index in [2.05, 4.69) is 13.2 Å². The predicted octanol–water partition coefficient (Wildman–Crippen LogP) is 1.99. The molecule has 0 aromatic heterocycles. The Morgan fingerprint density at radius 2 is 1.40 bits per heavy atom. The van der Waals surface area contributed by atoms with Crippen molar-refractivity contribution in [2.75, 3.05) is 0 Å². The molecule has 1 unspecified atom stereocenters.